The van der Waals surface area contributed by atoms with E-state index in [1.165, 1.54) is 101 Å². The largest absolute Gasteiger partial charge is 0.468 e. The van der Waals surface area contributed by atoms with Gasteiger partial charge < -0.3 is 14.2 Å². The molecule has 70 heavy (non-hydrogen) atoms. The molecule has 0 bridgehead atoms. The Balaban J connectivity index is 1.33. The molecule has 2 unspecified atom stereocenters. The molecular weight excluding hydrogens is 962 g/mol. The van der Waals surface area contributed by atoms with Gasteiger partial charge in [0.05, 0.1) is 17.0 Å². The molecule has 3 heterocycles. The van der Waals surface area contributed by atoms with Gasteiger partial charge in [0.2, 0.25) is 0 Å². The molecule has 0 fully saturated rings. The molecule has 0 saturated carbocycles. The van der Waals surface area contributed by atoms with Crippen LogP contribution in [-0.4, -0.2) is 6.71 Å². The number of anilines is 5. The van der Waals surface area contributed by atoms with E-state index in [9.17, 15) is 0 Å². The summed E-state index contributed by atoms with van der Waals surface area (Å²) in [5.74, 6) is 0.764. The quantitative estimate of drug-likeness (QED) is 0.0975. The second-order valence-corrected chi connectivity index (χ2v) is 29.1. The van der Waals surface area contributed by atoms with Gasteiger partial charge in [-0.05, 0) is 171 Å². The predicted octanol–water partition coefficient (Wildman–Crippen LogP) is 17.3. The van der Waals surface area contributed by atoms with Crippen LogP contribution < -0.4 is 26.4 Å². The zero-order valence-electron chi connectivity index (χ0n) is 45.7. The molecular formula is C65H78BIN2O. The Kier molecular flexibility index (Phi) is 10.7. The molecule has 0 spiro atoms. The highest BCUT2D eigenvalue weighted by Gasteiger charge is 2.51. The minimum absolute atomic E-state index is 0.0154. The molecule has 0 saturated heterocycles. The molecule has 5 heteroatoms. The van der Waals surface area contributed by atoms with E-state index in [0.29, 0.717) is 11.8 Å². The van der Waals surface area contributed by atoms with Crippen LogP contribution in [0.15, 0.2) is 100 Å². The highest BCUT2D eigenvalue weighted by atomic mass is 127. The first-order valence-corrected chi connectivity index (χ1v) is 28.0. The van der Waals surface area contributed by atoms with Gasteiger partial charge in [-0.25, -0.2) is 0 Å². The van der Waals surface area contributed by atoms with Crippen LogP contribution in [0.1, 0.15) is 201 Å². The molecule has 2 atom stereocenters. The Bertz CT molecular complexity index is 3200. The van der Waals surface area contributed by atoms with Gasteiger partial charge in [0.25, 0.3) is 6.71 Å². The van der Waals surface area contributed by atoms with E-state index in [1.54, 1.807) is 5.57 Å². The second-order valence-electron chi connectivity index (χ2n) is 26.8. The van der Waals surface area contributed by atoms with Crippen LogP contribution >= 0.6 is 22.6 Å². The van der Waals surface area contributed by atoms with Crippen LogP contribution in [0, 0.1) is 11.3 Å². The number of allylic oxidation sites excluding steroid dienone is 8. The molecule has 3 nitrogen and oxygen atoms in total. The van der Waals surface area contributed by atoms with Crippen LogP contribution in [-0.2, 0) is 25.1 Å². The van der Waals surface area contributed by atoms with E-state index in [0.717, 1.165) is 49.8 Å². The fourth-order valence-corrected chi connectivity index (χ4v) is 14.6. The van der Waals surface area contributed by atoms with Crippen molar-refractivity contribution >= 4 is 90.9 Å². The molecule has 6 aliphatic rings. The number of alkyl halides is 1. The van der Waals surface area contributed by atoms with Crippen molar-refractivity contribution in [3.63, 3.8) is 0 Å². The lowest BCUT2D eigenvalue weighted by Gasteiger charge is -2.46. The normalized spacial score (nSPS) is 22.2. The number of rotatable bonds is 5. The van der Waals surface area contributed by atoms with Crippen molar-refractivity contribution in [3.05, 3.63) is 135 Å². The Morgan fingerprint density at radius 3 is 2.17 bits per heavy atom. The maximum absolute atomic E-state index is 7.81. The SMILES string of the molecule is CCC(C)(C)c1cc2c(cc1C(C)C)N(C1=CC=C(C(C)(C)C)C(C)C1)c1cc(C(C)(C)C)cc3c1B2c1oc2cc4c(cc2c1N3c1cccc2c1C1=C(CCC=C1)C2(C)C)C(C)(C)CCC4(C)I. The van der Waals surface area contributed by atoms with E-state index in [1.807, 2.05) is 0 Å². The second kappa shape index (κ2) is 15.6. The average Bonchev–Trinajstić information content (AvgIpc) is 3.77. The van der Waals surface area contributed by atoms with Gasteiger partial charge in [-0.15, -0.1) is 0 Å². The van der Waals surface area contributed by atoms with Gasteiger partial charge in [-0.2, -0.15) is 0 Å². The maximum atomic E-state index is 7.81. The fourth-order valence-electron chi connectivity index (χ4n) is 13.9. The molecule has 364 valence electrons. The lowest BCUT2D eigenvalue weighted by Crippen LogP contribution is -2.61. The van der Waals surface area contributed by atoms with Crippen molar-refractivity contribution in [2.24, 2.45) is 11.3 Å². The van der Waals surface area contributed by atoms with Crippen molar-refractivity contribution < 1.29 is 4.42 Å². The first-order chi connectivity index (χ1) is 32.7. The Hall–Kier alpha value is -4.23. The van der Waals surface area contributed by atoms with E-state index in [-0.39, 0.29) is 37.2 Å². The zero-order chi connectivity index (χ0) is 50.2. The standard InChI is InChI=1S/C65H78BIN2O/c1-18-62(11,12)47-35-50-52(34-42(47)37(2)3)68(40-26-27-44(38(4)30-40)61(8,9)10)53-31-39(60(5,6)7)32-54-57(53)66(50)59-58(43-33-48-49(36-55(43)70-59)65(17,67)29-28-63(48,13)14)69(54)51-25-21-24-46-56(51)41-22-19-20-23-45(41)64(46,15)16/h19,21-22,24-27,31-38H,18,20,23,28-30H2,1-17H3. The lowest BCUT2D eigenvalue weighted by molar-refractivity contribution is 0.394. The minimum Gasteiger partial charge on any atom is -0.468 e. The summed E-state index contributed by atoms with van der Waals surface area (Å²) in [6.45, 7) is 41.1. The molecule has 2 aliphatic heterocycles. The summed E-state index contributed by atoms with van der Waals surface area (Å²) in [6.07, 6.45) is 16.3. The van der Waals surface area contributed by atoms with E-state index < -0.39 is 0 Å². The summed E-state index contributed by atoms with van der Waals surface area (Å²) in [4.78, 5) is 5.46. The molecule has 1 aromatic heterocycles. The Morgan fingerprint density at radius 1 is 0.800 bits per heavy atom. The fraction of sp³-hybridized carbons (Fsp3) is 0.477. The zero-order valence-corrected chi connectivity index (χ0v) is 47.8. The van der Waals surface area contributed by atoms with Crippen molar-refractivity contribution in [3.8, 4) is 0 Å². The maximum Gasteiger partial charge on any atom is 0.297 e. The number of nitrogens with zero attached hydrogens (tertiary/aromatic N) is 2. The number of hydrogen-bond donors (Lipinski definition) is 0. The number of fused-ring (bicyclic) bond motifs is 9. The third kappa shape index (κ3) is 6.98. The van der Waals surface area contributed by atoms with Gasteiger partial charge in [-0.1, -0.05) is 181 Å². The van der Waals surface area contributed by atoms with Crippen LogP contribution in [0.25, 0.3) is 16.5 Å². The van der Waals surface area contributed by atoms with Gasteiger partial charge in [0.15, 0.2) is 0 Å². The Labute approximate surface area is 435 Å². The molecule has 0 radical (unpaired) electrons. The van der Waals surface area contributed by atoms with Crippen LogP contribution in [0.3, 0.4) is 0 Å². The highest BCUT2D eigenvalue weighted by Crippen LogP contribution is 2.58. The van der Waals surface area contributed by atoms with Crippen molar-refractivity contribution in [1.82, 2.24) is 0 Å². The molecule has 5 aromatic rings. The Morgan fingerprint density at radius 2 is 1.51 bits per heavy atom. The summed E-state index contributed by atoms with van der Waals surface area (Å²) >= 11 is 2.74. The molecule has 4 aromatic carbocycles. The van der Waals surface area contributed by atoms with Gasteiger partial charge in [-0.3, -0.25) is 0 Å². The number of benzene rings is 4. The van der Waals surface area contributed by atoms with Gasteiger partial charge >= 0.3 is 0 Å². The summed E-state index contributed by atoms with van der Waals surface area (Å²) < 4.78 is 7.82. The van der Waals surface area contributed by atoms with Crippen LogP contribution in [0.4, 0.5) is 28.4 Å². The van der Waals surface area contributed by atoms with Crippen molar-refractivity contribution in [2.45, 2.75) is 187 Å². The molecule has 11 rings (SSSR count). The smallest absolute Gasteiger partial charge is 0.297 e. The third-order valence-corrected chi connectivity index (χ3v) is 19.5. The molecule has 0 amide bonds. The van der Waals surface area contributed by atoms with Crippen molar-refractivity contribution in [1.29, 1.82) is 0 Å². The first kappa shape index (κ1) is 48.1. The predicted molar refractivity (Wildman–Crippen MR) is 312 cm³/mol. The van der Waals surface area contributed by atoms with E-state index >= 15 is 0 Å². The number of halogens is 1. The van der Waals surface area contributed by atoms with E-state index in [4.69, 9.17) is 4.42 Å². The summed E-state index contributed by atoms with van der Waals surface area (Å²) in [6, 6.07) is 22.7. The van der Waals surface area contributed by atoms with Crippen LogP contribution in [0.5, 0.6) is 0 Å². The average molecular weight is 1040 g/mol. The summed E-state index contributed by atoms with van der Waals surface area (Å²) in [5, 5.41) is 1.23. The molecule has 0 N–H and O–H groups in total. The number of furan rings is 1. The number of hydrogen-bond acceptors (Lipinski definition) is 3. The lowest BCUT2D eigenvalue weighted by atomic mass is 9.35. The van der Waals surface area contributed by atoms with Gasteiger partial charge in [0, 0.05) is 42.5 Å². The van der Waals surface area contributed by atoms with Crippen molar-refractivity contribution in [2.75, 3.05) is 9.80 Å². The monoisotopic (exact) mass is 1040 g/mol. The van der Waals surface area contributed by atoms with E-state index in [2.05, 4.69) is 229 Å². The minimum atomic E-state index is -0.126. The molecule has 4 aliphatic carbocycles. The summed E-state index contributed by atoms with van der Waals surface area (Å²) in [7, 11) is 0. The van der Waals surface area contributed by atoms with Gasteiger partial charge in [0.1, 0.15) is 5.58 Å². The van der Waals surface area contributed by atoms with Crippen LogP contribution in [0.2, 0.25) is 0 Å². The third-order valence-electron chi connectivity index (χ3n) is 18.4. The topological polar surface area (TPSA) is 19.6 Å². The first-order valence-electron chi connectivity index (χ1n) is 26.9. The summed E-state index contributed by atoms with van der Waals surface area (Å²) in [5.41, 5.74) is 26.9. The highest BCUT2D eigenvalue weighted by molar-refractivity contribution is 14.1.